The van der Waals surface area contributed by atoms with Gasteiger partial charge in [0.1, 0.15) is 5.69 Å². The Morgan fingerprint density at radius 2 is 1.94 bits per heavy atom. The van der Waals surface area contributed by atoms with Crippen molar-refractivity contribution in [2.75, 3.05) is 11.6 Å². The SMILES string of the molecule is Cc1nnc(SCc2ccc(N)cc2)n(N)c1=O. The van der Waals surface area contributed by atoms with E-state index in [1.165, 1.54) is 11.8 Å². The Balaban J connectivity index is 2.13. The Bertz CT molecular complexity index is 608. The zero-order valence-electron chi connectivity index (χ0n) is 9.83. The standard InChI is InChI=1S/C11H13N5OS/c1-7-10(17)16(13)11(15-14-7)18-6-8-2-4-9(12)5-3-8/h2-5H,6,12-13H2,1H3. The molecule has 1 aromatic heterocycles. The quantitative estimate of drug-likeness (QED) is 0.476. The number of benzene rings is 1. The van der Waals surface area contributed by atoms with Crippen molar-refractivity contribution in [1.29, 1.82) is 0 Å². The molecule has 6 nitrogen and oxygen atoms in total. The summed E-state index contributed by atoms with van der Waals surface area (Å²) >= 11 is 1.35. The molecule has 0 aliphatic rings. The molecule has 0 bridgehead atoms. The van der Waals surface area contributed by atoms with Gasteiger partial charge >= 0.3 is 0 Å². The molecule has 1 heterocycles. The first-order valence-corrected chi connectivity index (χ1v) is 6.25. The smallest absolute Gasteiger partial charge is 0.294 e. The highest BCUT2D eigenvalue weighted by Crippen LogP contribution is 2.19. The summed E-state index contributed by atoms with van der Waals surface area (Å²) in [7, 11) is 0. The van der Waals surface area contributed by atoms with E-state index in [9.17, 15) is 4.79 Å². The first kappa shape index (κ1) is 12.4. The van der Waals surface area contributed by atoms with Crippen molar-refractivity contribution < 1.29 is 0 Å². The average molecular weight is 263 g/mol. The lowest BCUT2D eigenvalue weighted by molar-refractivity contribution is 0.681. The monoisotopic (exact) mass is 263 g/mol. The minimum atomic E-state index is -0.329. The van der Waals surface area contributed by atoms with Gasteiger partial charge in [0.15, 0.2) is 0 Å². The summed E-state index contributed by atoms with van der Waals surface area (Å²) < 4.78 is 1.02. The molecule has 2 rings (SSSR count). The second-order valence-corrected chi connectivity index (χ2v) is 4.72. The van der Waals surface area contributed by atoms with Crippen LogP contribution in [0, 0.1) is 6.92 Å². The fourth-order valence-electron chi connectivity index (χ4n) is 1.33. The molecule has 0 saturated heterocycles. The van der Waals surface area contributed by atoms with Gasteiger partial charge in [-0.1, -0.05) is 23.9 Å². The van der Waals surface area contributed by atoms with E-state index in [2.05, 4.69) is 10.2 Å². The topological polar surface area (TPSA) is 99.8 Å². The first-order chi connectivity index (χ1) is 8.58. The molecule has 0 aliphatic carbocycles. The summed E-state index contributed by atoms with van der Waals surface area (Å²) in [6, 6.07) is 7.49. The number of aromatic nitrogens is 3. The third-order valence-corrected chi connectivity index (χ3v) is 3.38. The van der Waals surface area contributed by atoms with Gasteiger partial charge in [-0.05, 0) is 24.6 Å². The predicted molar refractivity (Wildman–Crippen MR) is 71.6 cm³/mol. The summed E-state index contributed by atoms with van der Waals surface area (Å²) in [4.78, 5) is 11.6. The maximum absolute atomic E-state index is 11.6. The van der Waals surface area contributed by atoms with E-state index in [4.69, 9.17) is 11.6 Å². The van der Waals surface area contributed by atoms with Crippen LogP contribution >= 0.6 is 11.8 Å². The van der Waals surface area contributed by atoms with E-state index in [0.29, 0.717) is 10.9 Å². The molecule has 0 unspecified atom stereocenters. The van der Waals surface area contributed by atoms with Gasteiger partial charge in [-0.3, -0.25) is 4.79 Å². The molecule has 0 fully saturated rings. The number of nitrogens with two attached hydrogens (primary N) is 2. The highest BCUT2D eigenvalue weighted by atomic mass is 32.2. The molecule has 2 aromatic rings. The van der Waals surface area contributed by atoms with Crippen molar-refractivity contribution in [2.45, 2.75) is 17.8 Å². The first-order valence-electron chi connectivity index (χ1n) is 5.26. The van der Waals surface area contributed by atoms with Crippen LogP contribution in [-0.4, -0.2) is 14.9 Å². The zero-order valence-corrected chi connectivity index (χ0v) is 10.6. The molecular formula is C11H13N5OS. The average Bonchev–Trinajstić information content (AvgIpc) is 2.37. The zero-order chi connectivity index (χ0) is 13.1. The van der Waals surface area contributed by atoms with Crippen molar-refractivity contribution in [3.05, 3.63) is 45.9 Å². The fraction of sp³-hybridized carbons (Fsp3) is 0.182. The Morgan fingerprint density at radius 3 is 2.61 bits per heavy atom. The largest absolute Gasteiger partial charge is 0.399 e. The number of rotatable bonds is 3. The van der Waals surface area contributed by atoms with E-state index in [1.807, 2.05) is 24.3 Å². The minimum absolute atomic E-state index is 0.286. The fourth-order valence-corrected chi connectivity index (χ4v) is 2.14. The molecule has 94 valence electrons. The third-order valence-electron chi connectivity index (χ3n) is 2.37. The molecule has 0 saturated carbocycles. The molecule has 4 N–H and O–H groups in total. The number of thioether (sulfide) groups is 1. The van der Waals surface area contributed by atoms with Crippen LogP contribution in [0.2, 0.25) is 0 Å². The molecule has 0 amide bonds. The summed E-state index contributed by atoms with van der Waals surface area (Å²) in [5, 5.41) is 8.05. The van der Waals surface area contributed by atoms with E-state index >= 15 is 0 Å². The molecule has 0 atom stereocenters. The van der Waals surface area contributed by atoms with E-state index in [1.54, 1.807) is 6.92 Å². The van der Waals surface area contributed by atoms with Gasteiger partial charge in [0, 0.05) is 11.4 Å². The second-order valence-electron chi connectivity index (χ2n) is 3.77. The molecule has 0 radical (unpaired) electrons. The Labute approximate surface area is 108 Å². The Morgan fingerprint density at radius 1 is 1.28 bits per heavy atom. The summed E-state index contributed by atoms with van der Waals surface area (Å²) in [6.45, 7) is 1.58. The van der Waals surface area contributed by atoms with Crippen LogP contribution in [0.4, 0.5) is 5.69 Å². The highest BCUT2D eigenvalue weighted by molar-refractivity contribution is 7.98. The van der Waals surface area contributed by atoms with Crippen LogP contribution < -0.4 is 17.1 Å². The van der Waals surface area contributed by atoms with Crippen LogP contribution in [-0.2, 0) is 5.75 Å². The molecule has 0 spiro atoms. The maximum Gasteiger partial charge on any atom is 0.294 e. The molecule has 7 heteroatoms. The Hall–Kier alpha value is -2.02. The van der Waals surface area contributed by atoms with Gasteiger partial charge in [-0.15, -0.1) is 10.2 Å². The van der Waals surface area contributed by atoms with E-state index in [-0.39, 0.29) is 11.3 Å². The highest BCUT2D eigenvalue weighted by Gasteiger charge is 2.07. The van der Waals surface area contributed by atoms with Crippen molar-refractivity contribution >= 4 is 17.4 Å². The second kappa shape index (κ2) is 5.09. The van der Waals surface area contributed by atoms with Crippen LogP contribution in [0.25, 0.3) is 0 Å². The van der Waals surface area contributed by atoms with E-state index in [0.717, 1.165) is 15.9 Å². The van der Waals surface area contributed by atoms with Crippen LogP contribution in [0.15, 0.2) is 34.2 Å². The lowest BCUT2D eigenvalue weighted by Gasteiger charge is -2.06. The Kier molecular flexibility index (Phi) is 3.52. The molecule has 0 aliphatic heterocycles. The predicted octanol–water partition coefficient (Wildman–Crippen LogP) is 0.535. The van der Waals surface area contributed by atoms with E-state index < -0.39 is 0 Å². The van der Waals surface area contributed by atoms with Gasteiger partial charge in [0.05, 0.1) is 0 Å². The lowest BCUT2D eigenvalue weighted by Crippen LogP contribution is -2.32. The molecule has 18 heavy (non-hydrogen) atoms. The van der Waals surface area contributed by atoms with Gasteiger partial charge in [0.25, 0.3) is 5.56 Å². The lowest BCUT2D eigenvalue weighted by atomic mass is 10.2. The summed E-state index contributed by atoms with van der Waals surface area (Å²) in [6.07, 6.45) is 0. The molecule has 1 aromatic carbocycles. The van der Waals surface area contributed by atoms with Crippen molar-refractivity contribution in [2.24, 2.45) is 0 Å². The van der Waals surface area contributed by atoms with Gasteiger partial charge in [-0.2, -0.15) is 4.68 Å². The summed E-state index contributed by atoms with van der Waals surface area (Å²) in [5.41, 5.74) is 7.35. The normalized spacial score (nSPS) is 10.5. The minimum Gasteiger partial charge on any atom is -0.399 e. The van der Waals surface area contributed by atoms with Crippen molar-refractivity contribution in [3.8, 4) is 0 Å². The molecular weight excluding hydrogens is 250 g/mol. The van der Waals surface area contributed by atoms with Crippen molar-refractivity contribution in [3.63, 3.8) is 0 Å². The van der Waals surface area contributed by atoms with Gasteiger partial charge in [0.2, 0.25) is 5.16 Å². The third kappa shape index (κ3) is 2.62. The van der Waals surface area contributed by atoms with Crippen LogP contribution in [0.3, 0.4) is 0 Å². The van der Waals surface area contributed by atoms with Gasteiger partial charge < -0.3 is 11.6 Å². The summed E-state index contributed by atoms with van der Waals surface area (Å²) in [5.74, 6) is 6.28. The number of nitrogen functional groups attached to an aromatic ring is 2. The van der Waals surface area contributed by atoms with Crippen LogP contribution in [0.5, 0.6) is 0 Å². The number of hydrogen-bond donors (Lipinski definition) is 2. The van der Waals surface area contributed by atoms with Crippen LogP contribution in [0.1, 0.15) is 11.3 Å². The van der Waals surface area contributed by atoms with Crippen molar-refractivity contribution in [1.82, 2.24) is 14.9 Å². The number of aryl methyl sites for hydroxylation is 1. The number of nitrogens with zero attached hydrogens (tertiary/aromatic N) is 3. The number of anilines is 1. The maximum atomic E-state index is 11.6. The van der Waals surface area contributed by atoms with Gasteiger partial charge in [-0.25, -0.2) is 0 Å². The number of hydrogen-bond acceptors (Lipinski definition) is 6.